The van der Waals surface area contributed by atoms with Crippen LogP contribution in [0, 0.1) is 0 Å². The molecule has 0 saturated carbocycles. The second-order valence-corrected chi connectivity index (χ2v) is 9.88. The van der Waals surface area contributed by atoms with Crippen LogP contribution in [0.25, 0.3) is 0 Å². The lowest BCUT2D eigenvalue weighted by Crippen LogP contribution is -2.15. The molecule has 0 unspecified atom stereocenters. The number of methoxy groups -OCH3 is 2. The zero-order valence-electron chi connectivity index (χ0n) is 24.4. The van der Waals surface area contributed by atoms with Gasteiger partial charge >= 0.3 is 0 Å². The minimum Gasteiger partial charge on any atom is -0.496 e. The van der Waals surface area contributed by atoms with Crippen molar-refractivity contribution >= 4 is 52.6 Å². The topological polar surface area (TPSA) is 141 Å². The van der Waals surface area contributed by atoms with Crippen LogP contribution in [0.5, 0.6) is 17.2 Å². The van der Waals surface area contributed by atoms with E-state index in [2.05, 4.69) is 45.9 Å². The number of hydrogen-bond donors (Lipinski definition) is 3. The Morgan fingerprint density at radius 3 is 1.51 bits per heavy atom. The van der Waals surface area contributed by atoms with Gasteiger partial charge in [0.1, 0.15) is 23.9 Å². The minimum absolute atomic E-state index is 0.0533. The number of benzene rings is 3. The van der Waals surface area contributed by atoms with Crippen molar-refractivity contribution in [2.24, 2.45) is 0 Å². The smallest absolute Gasteiger partial charge is 0.229 e. The van der Waals surface area contributed by atoms with Crippen molar-refractivity contribution in [1.29, 1.82) is 0 Å². The maximum Gasteiger partial charge on any atom is 0.229 e. The summed E-state index contributed by atoms with van der Waals surface area (Å²) in [7, 11) is 3.26. The summed E-state index contributed by atoms with van der Waals surface area (Å²) in [5.74, 6) is 3.48. The van der Waals surface area contributed by atoms with E-state index in [4.69, 9.17) is 49.0 Å². The number of hydrogen-bond acceptors (Lipinski definition) is 12. The first-order valence-corrected chi connectivity index (χ1v) is 14.7. The maximum atomic E-state index is 6.00. The molecule has 0 amide bonds. The molecule has 3 N–H and O–H groups in total. The molecule has 3 aromatic carbocycles. The fourth-order valence-electron chi connectivity index (χ4n) is 3.81. The molecule has 5 rings (SSSR count). The van der Waals surface area contributed by atoms with Crippen molar-refractivity contribution < 1.29 is 14.2 Å². The molecule has 0 aliphatic heterocycles. The van der Waals surface area contributed by atoms with Crippen LogP contribution in [0.4, 0.5) is 17.8 Å². The van der Waals surface area contributed by atoms with Crippen molar-refractivity contribution in [1.82, 2.24) is 29.9 Å². The summed E-state index contributed by atoms with van der Waals surface area (Å²) in [6.45, 7) is 2.00. The van der Waals surface area contributed by atoms with Gasteiger partial charge < -0.3 is 30.2 Å². The highest BCUT2D eigenvalue weighted by atomic mass is 35.5. The van der Waals surface area contributed by atoms with E-state index >= 15 is 0 Å². The zero-order chi connectivity index (χ0) is 31.9. The highest BCUT2D eigenvalue weighted by molar-refractivity contribution is 6.31. The number of para-hydroxylation sites is 3. The molecular formula is C30H30Cl3N9O3. The highest BCUT2D eigenvalue weighted by Crippen LogP contribution is 2.20. The van der Waals surface area contributed by atoms with Gasteiger partial charge in [0.25, 0.3) is 0 Å². The van der Waals surface area contributed by atoms with Crippen LogP contribution in [0.3, 0.4) is 0 Å². The molecule has 0 aliphatic rings. The first kappa shape index (κ1) is 33.2. The molecule has 5 aromatic rings. The first-order valence-electron chi connectivity index (χ1n) is 13.6. The third-order valence-corrected chi connectivity index (χ3v) is 6.35. The summed E-state index contributed by atoms with van der Waals surface area (Å²) in [4.78, 5) is 24.0. The Morgan fingerprint density at radius 1 is 0.533 bits per heavy atom. The molecule has 0 fully saturated rings. The van der Waals surface area contributed by atoms with Gasteiger partial charge in [-0.1, -0.05) is 54.6 Å². The molecule has 0 atom stereocenters. The number of anilines is 3. The van der Waals surface area contributed by atoms with Crippen LogP contribution >= 0.6 is 34.8 Å². The third kappa shape index (κ3) is 11.1. The number of ether oxygens (including phenoxy) is 3. The van der Waals surface area contributed by atoms with Gasteiger partial charge in [0.05, 0.1) is 20.8 Å². The van der Waals surface area contributed by atoms with Gasteiger partial charge in [0.2, 0.25) is 33.7 Å². The van der Waals surface area contributed by atoms with E-state index in [9.17, 15) is 0 Å². The molecule has 12 nitrogen and oxygen atoms in total. The number of rotatable bonds is 13. The Kier molecular flexibility index (Phi) is 13.0. The Bertz CT molecular complexity index is 1630. The van der Waals surface area contributed by atoms with Crippen molar-refractivity contribution in [3.63, 3.8) is 0 Å². The Balaban J connectivity index is 0.000000222. The van der Waals surface area contributed by atoms with Crippen LogP contribution in [0.2, 0.25) is 15.9 Å². The Labute approximate surface area is 275 Å². The number of halogens is 3. The lowest BCUT2D eigenvalue weighted by atomic mass is 10.2. The molecule has 0 bridgehead atoms. The van der Waals surface area contributed by atoms with E-state index in [0.29, 0.717) is 44.1 Å². The minimum atomic E-state index is 0.0533. The van der Waals surface area contributed by atoms with E-state index in [0.717, 1.165) is 28.4 Å². The second kappa shape index (κ2) is 17.6. The van der Waals surface area contributed by atoms with Gasteiger partial charge in [-0.2, -0.15) is 29.9 Å². The van der Waals surface area contributed by atoms with Crippen LogP contribution in [0.15, 0.2) is 78.9 Å². The van der Waals surface area contributed by atoms with E-state index in [1.165, 1.54) is 0 Å². The average Bonchev–Trinajstić information content (AvgIpc) is 3.05. The van der Waals surface area contributed by atoms with Crippen molar-refractivity contribution in [3.05, 3.63) is 106 Å². The third-order valence-electron chi connectivity index (χ3n) is 5.85. The van der Waals surface area contributed by atoms with Gasteiger partial charge in [-0.05, 0) is 59.1 Å². The van der Waals surface area contributed by atoms with Gasteiger partial charge in [0.15, 0.2) is 0 Å². The predicted octanol–water partition coefficient (Wildman–Crippen LogP) is 6.44. The largest absolute Gasteiger partial charge is 0.496 e. The quantitative estimate of drug-likeness (QED) is 0.119. The van der Waals surface area contributed by atoms with Gasteiger partial charge in [-0.3, -0.25) is 0 Å². The van der Waals surface area contributed by atoms with Gasteiger partial charge in [-0.15, -0.1) is 0 Å². The van der Waals surface area contributed by atoms with Crippen molar-refractivity contribution in [2.45, 2.75) is 13.1 Å². The standard InChI is InChI=1S/C19H20ClN5O2.C11H10Cl2N4O/c1-26-16-10-6-5-7-14(16)13-22-19-24-17(20)23-18(25-19)21-11-12-27-15-8-3-2-4-9-15;1-18-8-5-3-2-4-7(8)6-14-11-16-9(12)15-10(13)17-11/h2-10H,11-13H2,1H3,(H2,21,22,23,24,25);2-5H,6H2,1H3,(H,14,15,16,17). The number of aromatic nitrogens is 6. The summed E-state index contributed by atoms with van der Waals surface area (Å²) >= 11 is 17.4. The van der Waals surface area contributed by atoms with Crippen molar-refractivity contribution in [3.8, 4) is 17.2 Å². The molecule has 0 saturated heterocycles. The molecule has 15 heteroatoms. The Morgan fingerprint density at radius 2 is 0.978 bits per heavy atom. The molecule has 0 aliphatic carbocycles. The van der Waals surface area contributed by atoms with Crippen molar-refractivity contribution in [2.75, 3.05) is 43.3 Å². The summed E-state index contributed by atoms with van der Waals surface area (Å²) in [5, 5.41) is 9.44. The Hall–Kier alpha value is -4.65. The summed E-state index contributed by atoms with van der Waals surface area (Å²) < 4.78 is 16.2. The summed E-state index contributed by atoms with van der Waals surface area (Å²) in [6, 6.07) is 25.0. The van der Waals surface area contributed by atoms with Crippen LogP contribution in [-0.2, 0) is 13.1 Å². The molecule has 2 aromatic heterocycles. The van der Waals surface area contributed by atoms with Gasteiger partial charge in [-0.25, -0.2) is 0 Å². The lowest BCUT2D eigenvalue weighted by Gasteiger charge is -2.11. The van der Waals surface area contributed by atoms with E-state index in [1.807, 2.05) is 78.9 Å². The van der Waals surface area contributed by atoms with Crippen LogP contribution in [-0.4, -0.2) is 57.3 Å². The SMILES string of the molecule is COc1ccccc1CNc1nc(Cl)nc(Cl)n1.COc1ccccc1CNc1nc(Cl)nc(NCCOc2ccccc2)n1. The maximum absolute atomic E-state index is 6.00. The van der Waals surface area contributed by atoms with E-state index in [-0.39, 0.29) is 15.9 Å². The average molecular weight is 671 g/mol. The van der Waals surface area contributed by atoms with Gasteiger partial charge in [0, 0.05) is 24.2 Å². The number of nitrogens with one attached hydrogen (secondary N) is 3. The molecule has 0 radical (unpaired) electrons. The predicted molar refractivity (Wildman–Crippen MR) is 176 cm³/mol. The molecule has 2 heterocycles. The van der Waals surface area contributed by atoms with Crippen LogP contribution in [0.1, 0.15) is 11.1 Å². The highest BCUT2D eigenvalue weighted by Gasteiger charge is 2.08. The summed E-state index contributed by atoms with van der Waals surface area (Å²) in [5.41, 5.74) is 1.97. The monoisotopic (exact) mass is 669 g/mol. The molecule has 234 valence electrons. The van der Waals surface area contributed by atoms with E-state index in [1.54, 1.807) is 14.2 Å². The lowest BCUT2D eigenvalue weighted by molar-refractivity contribution is 0.332. The zero-order valence-corrected chi connectivity index (χ0v) is 26.6. The number of nitrogens with zero attached hydrogens (tertiary/aromatic N) is 6. The fourth-order valence-corrected chi connectivity index (χ4v) is 4.33. The first-order chi connectivity index (χ1) is 21.9. The summed E-state index contributed by atoms with van der Waals surface area (Å²) in [6.07, 6.45) is 0. The molecular weight excluding hydrogens is 641 g/mol. The van der Waals surface area contributed by atoms with E-state index < -0.39 is 0 Å². The molecule has 0 spiro atoms. The fraction of sp³-hybridized carbons (Fsp3) is 0.200. The normalized spacial score (nSPS) is 10.2. The molecule has 45 heavy (non-hydrogen) atoms. The van der Waals surface area contributed by atoms with Crippen LogP contribution < -0.4 is 30.2 Å². The second-order valence-electron chi connectivity index (χ2n) is 8.87.